The van der Waals surface area contributed by atoms with Crippen molar-refractivity contribution in [3.63, 3.8) is 0 Å². The van der Waals surface area contributed by atoms with Crippen LogP contribution in [0.15, 0.2) is 27.4 Å². The van der Waals surface area contributed by atoms with Crippen molar-refractivity contribution < 1.29 is 13.6 Å². The van der Waals surface area contributed by atoms with Gasteiger partial charge < -0.3 is 9.73 Å². The van der Waals surface area contributed by atoms with Crippen LogP contribution in [0, 0.1) is 0 Å². The summed E-state index contributed by atoms with van der Waals surface area (Å²) in [7, 11) is 0. The molecule has 0 saturated heterocycles. The van der Waals surface area contributed by atoms with Crippen molar-refractivity contribution in [3.05, 3.63) is 34.3 Å². The summed E-state index contributed by atoms with van der Waals surface area (Å²) < 4.78 is 18.7. The Hall–Kier alpha value is -2.11. The topological polar surface area (TPSA) is 75.1 Å². The molecule has 20 heavy (non-hydrogen) atoms. The summed E-state index contributed by atoms with van der Waals surface area (Å²) in [5.41, 5.74) is 0.968. The van der Waals surface area contributed by atoms with Crippen LogP contribution in [0.2, 0.25) is 0 Å². The van der Waals surface area contributed by atoms with Crippen molar-refractivity contribution in [2.75, 3.05) is 0 Å². The fourth-order valence-electron chi connectivity index (χ4n) is 2.66. The summed E-state index contributed by atoms with van der Waals surface area (Å²) in [6.45, 7) is 0. The molecule has 2 aromatic rings. The number of hydrogen-bond acceptors (Lipinski definition) is 3. The van der Waals surface area contributed by atoms with E-state index in [1.807, 2.05) is 0 Å². The predicted molar refractivity (Wildman–Crippen MR) is 71.5 cm³/mol. The Morgan fingerprint density at radius 3 is 2.95 bits per heavy atom. The first kappa shape index (κ1) is 12.9. The lowest BCUT2D eigenvalue weighted by atomic mass is 9.93. The van der Waals surface area contributed by atoms with Gasteiger partial charge in [-0.25, -0.2) is 9.18 Å². The number of aromatic amines is 1. The Balaban J connectivity index is 1.87. The van der Waals surface area contributed by atoms with Crippen molar-refractivity contribution in [3.8, 4) is 0 Å². The van der Waals surface area contributed by atoms with Gasteiger partial charge in [0.15, 0.2) is 5.58 Å². The van der Waals surface area contributed by atoms with Crippen LogP contribution in [-0.2, 0) is 0 Å². The summed E-state index contributed by atoms with van der Waals surface area (Å²) >= 11 is 0. The molecule has 0 spiro atoms. The van der Waals surface area contributed by atoms with E-state index in [-0.39, 0.29) is 5.91 Å². The first-order valence-electron chi connectivity index (χ1n) is 6.72. The number of alkyl halides is 1. The van der Waals surface area contributed by atoms with Crippen LogP contribution in [0.4, 0.5) is 4.39 Å². The van der Waals surface area contributed by atoms with Crippen molar-refractivity contribution in [1.29, 1.82) is 0 Å². The minimum atomic E-state index is -1.00. The lowest BCUT2D eigenvalue weighted by Gasteiger charge is -2.26. The quantitative estimate of drug-likeness (QED) is 0.883. The molecule has 0 unspecified atom stereocenters. The molecule has 0 bridgehead atoms. The fraction of sp³-hybridized carbons (Fsp3) is 0.429. The first-order valence-corrected chi connectivity index (χ1v) is 6.72. The molecule has 2 N–H and O–H groups in total. The molecule has 0 aliphatic heterocycles. The van der Waals surface area contributed by atoms with Crippen molar-refractivity contribution in [1.82, 2.24) is 10.3 Å². The van der Waals surface area contributed by atoms with E-state index in [0.717, 1.165) is 12.8 Å². The molecule has 1 amide bonds. The van der Waals surface area contributed by atoms with Gasteiger partial charge in [0.2, 0.25) is 0 Å². The van der Waals surface area contributed by atoms with Crippen LogP contribution in [-0.4, -0.2) is 23.1 Å². The smallest absolute Gasteiger partial charge is 0.408 e. The molecule has 3 rings (SSSR count). The zero-order valence-electron chi connectivity index (χ0n) is 10.8. The molecule has 1 aliphatic rings. The van der Waals surface area contributed by atoms with Gasteiger partial charge in [-0.15, -0.1) is 0 Å². The largest absolute Gasteiger partial charge is 0.417 e. The molecule has 1 saturated carbocycles. The fourth-order valence-corrected chi connectivity index (χ4v) is 2.66. The molecule has 106 valence electrons. The van der Waals surface area contributed by atoms with Gasteiger partial charge in [0.05, 0.1) is 17.1 Å². The number of hydrogen-bond donors (Lipinski definition) is 2. The molecule has 2 atom stereocenters. The van der Waals surface area contributed by atoms with Crippen LogP contribution in [0.5, 0.6) is 0 Å². The Morgan fingerprint density at radius 1 is 1.35 bits per heavy atom. The normalized spacial score (nSPS) is 22.9. The summed E-state index contributed by atoms with van der Waals surface area (Å²) in [6.07, 6.45) is 1.90. The van der Waals surface area contributed by atoms with Crippen LogP contribution < -0.4 is 11.1 Å². The van der Waals surface area contributed by atoms with E-state index >= 15 is 0 Å². The predicted octanol–water partition coefficient (Wildman–Crippen LogP) is 2.13. The summed E-state index contributed by atoms with van der Waals surface area (Å²) in [6, 6.07) is 4.36. The summed E-state index contributed by atoms with van der Waals surface area (Å²) in [5.74, 6) is -0.997. The van der Waals surface area contributed by atoms with Gasteiger partial charge in [0.25, 0.3) is 5.91 Å². The Bertz CT molecular complexity index is 691. The molecule has 0 radical (unpaired) electrons. The zero-order chi connectivity index (χ0) is 14.1. The summed E-state index contributed by atoms with van der Waals surface area (Å²) in [5, 5.41) is 2.71. The average Bonchev–Trinajstić information content (AvgIpc) is 2.81. The van der Waals surface area contributed by atoms with E-state index in [0.29, 0.717) is 29.5 Å². The molecule has 1 aliphatic carbocycles. The third-order valence-corrected chi connectivity index (χ3v) is 3.70. The third-order valence-electron chi connectivity index (χ3n) is 3.70. The lowest BCUT2D eigenvalue weighted by Crippen LogP contribution is -2.43. The van der Waals surface area contributed by atoms with Gasteiger partial charge >= 0.3 is 5.76 Å². The first-order chi connectivity index (χ1) is 9.65. The van der Waals surface area contributed by atoms with Crippen molar-refractivity contribution >= 4 is 17.0 Å². The highest BCUT2D eigenvalue weighted by molar-refractivity contribution is 6.04. The number of benzene rings is 1. The third kappa shape index (κ3) is 2.33. The Morgan fingerprint density at radius 2 is 2.15 bits per heavy atom. The minimum Gasteiger partial charge on any atom is -0.408 e. The highest BCUT2D eigenvalue weighted by Crippen LogP contribution is 2.22. The number of amides is 1. The maximum atomic E-state index is 13.8. The molecule has 6 heteroatoms. The molecule has 1 heterocycles. The molecule has 1 aromatic heterocycles. The SMILES string of the molecule is O=C(N[C@@H]1CCCC[C@H]1F)c1cccc2oc(=O)[nH]c12. The molecule has 1 aromatic carbocycles. The van der Waals surface area contributed by atoms with E-state index < -0.39 is 18.0 Å². The molecular formula is C14H15FN2O3. The molecule has 5 nitrogen and oxygen atoms in total. The number of aromatic nitrogens is 1. The van der Waals surface area contributed by atoms with Crippen molar-refractivity contribution in [2.45, 2.75) is 37.9 Å². The summed E-state index contributed by atoms with van der Waals surface area (Å²) in [4.78, 5) is 25.9. The maximum Gasteiger partial charge on any atom is 0.417 e. The van der Waals surface area contributed by atoms with Gasteiger partial charge in [0, 0.05) is 0 Å². The molecular weight excluding hydrogens is 263 g/mol. The van der Waals surface area contributed by atoms with E-state index in [1.165, 1.54) is 0 Å². The Kier molecular flexibility index (Phi) is 3.30. The van der Waals surface area contributed by atoms with Crippen LogP contribution in [0.25, 0.3) is 11.1 Å². The second kappa shape index (κ2) is 5.11. The van der Waals surface area contributed by atoms with Gasteiger partial charge in [-0.2, -0.15) is 0 Å². The number of H-pyrrole nitrogens is 1. The van der Waals surface area contributed by atoms with Gasteiger partial charge in [-0.3, -0.25) is 9.78 Å². The number of carbonyl (C=O) groups is 1. The number of oxazole rings is 1. The van der Waals surface area contributed by atoms with Gasteiger partial charge in [-0.1, -0.05) is 18.9 Å². The standard InChI is InChI=1S/C14H15FN2O3/c15-9-5-1-2-6-10(9)16-13(18)8-4-3-7-11-12(8)17-14(19)20-11/h3-4,7,9-10H,1-2,5-6H2,(H,16,18)(H,17,19)/t9-,10-/m1/s1. The Labute approximate surface area is 114 Å². The highest BCUT2D eigenvalue weighted by Gasteiger charge is 2.27. The highest BCUT2D eigenvalue weighted by atomic mass is 19.1. The van der Waals surface area contributed by atoms with E-state index in [2.05, 4.69) is 10.3 Å². The number of halogens is 1. The number of carbonyl (C=O) groups excluding carboxylic acids is 1. The second-order valence-electron chi connectivity index (χ2n) is 5.07. The van der Waals surface area contributed by atoms with Crippen molar-refractivity contribution in [2.24, 2.45) is 0 Å². The maximum absolute atomic E-state index is 13.8. The zero-order valence-corrected chi connectivity index (χ0v) is 10.8. The van der Waals surface area contributed by atoms with Gasteiger partial charge in [-0.05, 0) is 25.0 Å². The average molecular weight is 278 g/mol. The molecule has 1 fully saturated rings. The van der Waals surface area contributed by atoms with Gasteiger partial charge in [0.1, 0.15) is 6.17 Å². The number of rotatable bonds is 2. The van der Waals surface area contributed by atoms with E-state index in [1.54, 1.807) is 18.2 Å². The van der Waals surface area contributed by atoms with E-state index in [4.69, 9.17) is 4.42 Å². The number of fused-ring (bicyclic) bond motifs is 1. The number of para-hydroxylation sites is 1. The van der Waals surface area contributed by atoms with Crippen LogP contribution >= 0.6 is 0 Å². The lowest BCUT2D eigenvalue weighted by molar-refractivity contribution is 0.0885. The number of nitrogens with one attached hydrogen (secondary N) is 2. The van der Waals surface area contributed by atoms with Crippen LogP contribution in [0.3, 0.4) is 0 Å². The van der Waals surface area contributed by atoms with E-state index in [9.17, 15) is 14.0 Å². The monoisotopic (exact) mass is 278 g/mol. The minimum absolute atomic E-state index is 0.297. The second-order valence-corrected chi connectivity index (χ2v) is 5.07. The van der Waals surface area contributed by atoms with Crippen LogP contribution in [0.1, 0.15) is 36.0 Å².